The fourth-order valence-electron chi connectivity index (χ4n) is 3.46. The summed E-state index contributed by atoms with van der Waals surface area (Å²) in [4.78, 5) is 30.0. The van der Waals surface area contributed by atoms with Crippen LogP contribution in [0.5, 0.6) is 5.75 Å². The molecule has 0 atom stereocenters. The van der Waals surface area contributed by atoms with E-state index in [2.05, 4.69) is 20.9 Å². The highest BCUT2D eigenvalue weighted by Crippen LogP contribution is 2.36. The number of carbonyl (C=O) groups is 2. The van der Waals surface area contributed by atoms with E-state index in [9.17, 15) is 9.59 Å². The molecular weight excluding hydrogens is 538 g/mol. The Labute approximate surface area is 212 Å². The minimum Gasteiger partial charge on any atom is -0.422 e. The molecule has 4 aromatic rings. The maximum atomic E-state index is 13.0. The van der Waals surface area contributed by atoms with Crippen molar-refractivity contribution >= 4 is 72.9 Å². The number of nitrogens with zero attached hydrogens (tertiary/aromatic N) is 1. The quantitative estimate of drug-likeness (QED) is 0.151. The maximum absolute atomic E-state index is 13.0. The summed E-state index contributed by atoms with van der Waals surface area (Å²) in [7, 11) is 0. The van der Waals surface area contributed by atoms with Crippen LogP contribution in [0.2, 0.25) is 5.02 Å². The molecule has 0 spiro atoms. The zero-order valence-electron chi connectivity index (χ0n) is 17.5. The summed E-state index contributed by atoms with van der Waals surface area (Å²) in [6.07, 6.45) is 1.94. The minimum absolute atomic E-state index is 0.126. The molecule has 0 aliphatic carbocycles. The van der Waals surface area contributed by atoms with Gasteiger partial charge in [-0.25, -0.2) is 14.6 Å². The first-order chi connectivity index (χ1) is 16.5. The summed E-state index contributed by atoms with van der Waals surface area (Å²) in [5, 5.41) is 1.16. The van der Waals surface area contributed by atoms with Gasteiger partial charge in [-0.2, -0.15) is 0 Å². The Bertz CT molecular complexity index is 1490. The van der Waals surface area contributed by atoms with Crippen LogP contribution in [-0.4, -0.2) is 17.8 Å². The zero-order valence-corrected chi connectivity index (χ0v) is 20.6. The molecule has 0 saturated heterocycles. The SMILES string of the molecule is O=C1OC(Cc2ccccc2)=N/C1=C/c1cc(Br)ccc1OC(=O)c1sc2ccccc2c1Cl. The van der Waals surface area contributed by atoms with Crippen molar-refractivity contribution < 1.29 is 19.1 Å². The van der Waals surface area contributed by atoms with Gasteiger partial charge in [-0.15, -0.1) is 11.3 Å². The van der Waals surface area contributed by atoms with Gasteiger partial charge < -0.3 is 9.47 Å². The number of cyclic esters (lactones) is 1. The topological polar surface area (TPSA) is 65.0 Å². The molecule has 0 bridgehead atoms. The van der Waals surface area contributed by atoms with Gasteiger partial charge in [0.1, 0.15) is 10.6 Å². The third-order valence-corrected chi connectivity index (χ3v) is 7.20. The largest absolute Gasteiger partial charge is 0.422 e. The molecule has 0 N–H and O–H groups in total. The fourth-order valence-corrected chi connectivity index (χ4v) is 5.23. The number of thiophene rings is 1. The minimum atomic E-state index is -0.574. The van der Waals surface area contributed by atoms with Crippen molar-refractivity contribution in [3.05, 3.63) is 104 Å². The van der Waals surface area contributed by atoms with E-state index in [0.717, 1.165) is 20.1 Å². The van der Waals surface area contributed by atoms with E-state index in [-0.39, 0.29) is 11.4 Å². The standard InChI is InChI=1S/C26H15BrClNO4S/c27-17-10-11-20(32-26(31)24-23(28)18-8-4-5-9-21(18)34-24)16(13-17)14-19-25(30)33-22(29-19)12-15-6-2-1-3-7-15/h1-11,13-14H,12H2/b19-14+. The number of hydrogen-bond donors (Lipinski definition) is 0. The lowest BCUT2D eigenvalue weighted by Gasteiger charge is -2.08. The number of aliphatic imine (C=N–C) groups is 1. The molecule has 8 heteroatoms. The van der Waals surface area contributed by atoms with Gasteiger partial charge in [0.2, 0.25) is 5.90 Å². The smallest absolute Gasteiger partial charge is 0.363 e. The molecule has 0 unspecified atom stereocenters. The van der Waals surface area contributed by atoms with E-state index in [1.807, 2.05) is 54.6 Å². The number of rotatable bonds is 5. The van der Waals surface area contributed by atoms with Crippen molar-refractivity contribution in [1.29, 1.82) is 0 Å². The van der Waals surface area contributed by atoms with Crippen LogP contribution >= 0.6 is 38.9 Å². The summed E-state index contributed by atoms with van der Waals surface area (Å²) in [5.74, 6) is -0.548. The second-order valence-electron chi connectivity index (χ2n) is 7.40. The Kier molecular flexibility index (Phi) is 6.32. The molecule has 0 fully saturated rings. The van der Waals surface area contributed by atoms with Crippen LogP contribution in [0.15, 0.2) is 88.0 Å². The van der Waals surface area contributed by atoms with Crippen LogP contribution < -0.4 is 4.74 Å². The number of benzene rings is 3. The van der Waals surface area contributed by atoms with E-state index in [1.54, 1.807) is 24.3 Å². The number of hydrogen-bond acceptors (Lipinski definition) is 6. The molecule has 1 aromatic heterocycles. The van der Waals surface area contributed by atoms with Crippen LogP contribution in [0, 0.1) is 0 Å². The summed E-state index contributed by atoms with van der Waals surface area (Å²) in [6.45, 7) is 0. The molecule has 5 rings (SSSR count). The summed E-state index contributed by atoms with van der Waals surface area (Å²) in [6, 6.07) is 22.2. The van der Waals surface area contributed by atoms with E-state index in [0.29, 0.717) is 27.8 Å². The van der Waals surface area contributed by atoms with Gasteiger partial charge in [-0.3, -0.25) is 0 Å². The normalized spacial score (nSPS) is 14.4. The Morgan fingerprint density at radius 1 is 1.09 bits per heavy atom. The van der Waals surface area contributed by atoms with Crippen LogP contribution in [0.4, 0.5) is 0 Å². The van der Waals surface area contributed by atoms with E-state index < -0.39 is 11.9 Å². The zero-order chi connectivity index (χ0) is 23.7. The first-order valence-corrected chi connectivity index (χ1v) is 12.2. The molecule has 1 aliphatic heterocycles. The van der Waals surface area contributed by atoms with Crippen molar-refractivity contribution in [2.75, 3.05) is 0 Å². The molecule has 0 radical (unpaired) electrons. The average Bonchev–Trinajstić information content (AvgIpc) is 3.35. The van der Waals surface area contributed by atoms with Crippen molar-refractivity contribution in [3.8, 4) is 5.75 Å². The van der Waals surface area contributed by atoms with Gasteiger partial charge >= 0.3 is 11.9 Å². The van der Waals surface area contributed by atoms with Gasteiger partial charge in [-0.1, -0.05) is 76.1 Å². The molecule has 1 aliphatic rings. The second kappa shape index (κ2) is 9.54. The van der Waals surface area contributed by atoms with E-state index in [4.69, 9.17) is 21.1 Å². The van der Waals surface area contributed by atoms with Gasteiger partial charge in [0.15, 0.2) is 5.70 Å². The van der Waals surface area contributed by atoms with E-state index >= 15 is 0 Å². The van der Waals surface area contributed by atoms with Crippen LogP contribution in [0.1, 0.15) is 20.8 Å². The number of carbonyl (C=O) groups excluding carboxylic acids is 2. The number of halogens is 2. The molecule has 0 saturated carbocycles. The van der Waals surface area contributed by atoms with Crippen LogP contribution in [0.3, 0.4) is 0 Å². The second-order valence-corrected chi connectivity index (χ2v) is 9.75. The maximum Gasteiger partial charge on any atom is 0.363 e. The van der Waals surface area contributed by atoms with Crippen molar-refractivity contribution in [2.24, 2.45) is 4.99 Å². The van der Waals surface area contributed by atoms with Crippen LogP contribution in [0.25, 0.3) is 16.2 Å². The van der Waals surface area contributed by atoms with Crippen molar-refractivity contribution in [2.45, 2.75) is 6.42 Å². The van der Waals surface area contributed by atoms with Crippen molar-refractivity contribution in [1.82, 2.24) is 0 Å². The Hall–Kier alpha value is -3.26. The Balaban J connectivity index is 1.43. The van der Waals surface area contributed by atoms with Gasteiger partial charge in [0.05, 0.1) is 5.02 Å². The first kappa shape index (κ1) is 22.5. The highest BCUT2D eigenvalue weighted by Gasteiger charge is 2.24. The molecule has 3 aromatic carbocycles. The highest BCUT2D eigenvalue weighted by atomic mass is 79.9. The third kappa shape index (κ3) is 4.68. The van der Waals surface area contributed by atoms with Crippen LogP contribution in [-0.2, 0) is 16.0 Å². The predicted octanol–water partition coefficient (Wildman–Crippen LogP) is 7.08. The Morgan fingerprint density at radius 3 is 2.65 bits per heavy atom. The van der Waals surface area contributed by atoms with Gasteiger partial charge in [0, 0.05) is 26.5 Å². The lowest BCUT2D eigenvalue weighted by Crippen LogP contribution is -2.08. The molecule has 5 nitrogen and oxygen atoms in total. The van der Waals surface area contributed by atoms with E-state index in [1.165, 1.54) is 11.3 Å². The average molecular weight is 553 g/mol. The monoisotopic (exact) mass is 551 g/mol. The van der Waals surface area contributed by atoms with Crippen molar-refractivity contribution in [3.63, 3.8) is 0 Å². The number of fused-ring (bicyclic) bond motifs is 1. The van der Waals surface area contributed by atoms with Gasteiger partial charge in [0.25, 0.3) is 0 Å². The molecule has 2 heterocycles. The number of esters is 2. The molecule has 34 heavy (non-hydrogen) atoms. The molecule has 0 amide bonds. The summed E-state index contributed by atoms with van der Waals surface area (Å²) >= 11 is 11.1. The highest BCUT2D eigenvalue weighted by molar-refractivity contribution is 9.10. The summed E-state index contributed by atoms with van der Waals surface area (Å²) < 4.78 is 12.7. The Morgan fingerprint density at radius 2 is 1.85 bits per heavy atom. The molecule has 168 valence electrons. The lowest BCUT2D eigenvalue weighted by molar-refractivity contribution is -0.130. The molecular formula is C26H15BrClNO4S. The van der Waals surface area contributed by atoms with Gasteiger partial charge in [-0.05, 0) is 35.9 Å². The fraction of sp³-hybridized carbons (Fsp3) is 0.0385. The number of ether oxygens (including phenoxy) is 2. The summed E-state index contributed by atoms with van der Waals surface area (Å²) in [5.41, 5.74) is 1.60. The third-order valence-electron chi connectivity index (χ3n) is 5.05. The lowest BCUT2D eigenvalue weighted by atomic mass is 10.1. The first-order valence-electron chi connectivity index (χ1n) is 10.2. The predicted molar refractivity (Wildman–Crippen MR) is 138 cm³/mol.